The Hall–Kier alpha value is -3.32. The van der Waals surface area contributed by atoms with Crippen molar-refractivity contribution in [1.29, 1.82) is 0 Å². The normalized spacial score (nSPS) is 17.7. The second kappa shape index (κ2) is 10.8. The first kappa shape index (κ1) is 23.3. The van der Waals surface area contributed by atoms with Gasteiger partial charge in [0.2, 0.25) is 0 Å². The molecule has 1 fully saturated rings. The predicted molar refractivity (Wildman–Crippen MR) is 120 cm³/mol. The largest absolute Gasteiger partial charge is 0.508 e. The third kappa shape index (κ3) is 5.11. The molecule has 0 bridgehead atoms. The predicted octanol–water partition coefficient (Wildman–Crippen LogP) is 4.03. The summed E-state index contributed by atoms with van der Waals surface area (Å²) >= 11 is 0. The van der Waals surface area contributed by atoms with Gasteiger partial charge in [-0.25, -0.2) is 0 Å². The van der Waals surface area contributed by atoms with E-state index < -0.39 is 17.7 Å². The number of aliphatic hydroxyl groups excluding tert-OH is 1. The van der Waals surface area contributed by atoms with Crippen molar-refractivity contribution in [2.45, 2.75) is 32.2 Å². The van der Waals surface area contributed by atoms with Crippen molar-refractivity contribution in [2.24, 2.45) is 0 Å². The first-order valence-corrected chi connectivity index (χ1v) is 10.8. The second-order valence-electron chi connectivity index (χ2n) is 7.66. The minimum Gasteiger partial charge on any atom is -0.508 e. The summed E-state index contributed by atoms with van der Waals surface area (Å²) in [5, 5.41) is 20.8. The molecule has 1 atom stereocenters. The SMILES string of the molecule is CCCCOc1cccc(/C(O)=C2\C(=O)C(=O)N(CCCOC)C2c2ccc(O)cc2)c1. The smallest absolute Gasteiger partial charge is 0.295 e. The van der Waals surface area contributed by atoms with Crippen molar-refractivity contribution in [3.63, 3.8) is 0 Å². The van der Waals surface area contributed by atoms with E-state index in [0.717, 1.165) is 12.8 Å². The van der Waals surface area contributed by atoms with Gasteiger partial charge in [0.05, 0.1) is 18.2 Å². The molecule has 1 aliphatic heterocycles. The molecular formula is C25H29NO6. The Balaban J connectivity index is 2.03. The number of carbonyl (C=O) groups is 2. The third-order valence-corrected chi connectivity index (χ3v) is 5.37. The van der Waals surface area contributed by atoms with E-state index in [0.29, 0.717) is 43.1 Å². The fraction of sp³-hybridized carbons (Fsp3) is 0.360. The van der Waals surface area contributed by atoms with E-state index in [1.54, 1.807) is 43.5 Å². The number of methoxy groups -OCH3 is 1. The van der Waals surface area contributed by atoms with Gasteiger partial charge < -0.3 is 24.6 Å². The van der Waals surface area contributed by atoms with Crippen molar-refractivity contribution in [3.8, 4) is 11.5 Å². The number of likely N-dealkylation sites (tertiary alicyclic amines) is 1. The number of aliphatic hydroxyl groups is 1. The Kier molecular flexibility index (Phi) is 7.89. The fourth-order valence-corrected chi connectivity index (χ4v) is 3.72. The maximum atomic E-state index is 13.0. The Morgan fingerprint density at radius 2 is 1.81 bits per heavy atom. The number of rotatable bonds is 10. The van der Waals surface area contributed by atoms with Gasteiger partial charge in [-0.15, -0.1) is 0 Å². The maximum Gasteiger partial charge on any atom is 0.295 e. The highest BCUT2D eigenvalue weighted by Gasteiger charge is 2.45. The summed E-state index contributed by atoms with van der Waals surface area (Å²) in [4.78, 5) is 27.3. The van der Waals surface area contributed by atoms with Gasteiger partial charge >= 0.3 is 0 Å². The molecule has 1 amide bonds. The van der Waals surface area contributed by atoms with Gasteiger partial charge in [-0.3, -0.25) is 9.59 Å². The first-order chi connectivity index (χ1) is 15.5. The number of carbonyl (C=O) groups excluding carboxylic acids is 2. The average Bonchev–Trinajstić information content (AvgIpc) is 3.05. The zero-order valence-electron chi connectivity index (χ0n) is 18.4. The van der Waals surface area contributed by atoms with Crippen molar-refractivity contribution in [2.75, 3.05) is 26.9 Å². The highest BCUT2D eigenvalue weighted by atomic mass is 16.5. The van der Waals surface area contributed by atoms with Gasteiger partial charge in [-0.1, -0.05) is 37.6 Å². The number of aromatic hydroxyl groups is 1. The molecule has 0 aliphatic carbocycles. The van der Waals surface area contributed by atoms with Crippen LogP contribution in [0, 0.1) is 0 Å². The molecule has 7 heteroatoms. The highest BCUT2D eigenvalue weighted by Crippen LogP contribution is 2.40. The maximum absolute atomic E-state index is 13.0. The zero-order chi connectivity index (χ0) is 23.1. The van der Waals surface area contributed by atoms with Crippen LogP contribution in [0.15, 0.2) is 54.1 Å². The van der Waals surface area contributed by atoms with Crippen molar-refractivity contribution >= 4 is 17.4 Å². The molecule has 0 radical (unpaired) electrons. The molecule has 0 spiro atoms. The van der Waals surface area contributed by atoms with Crippen LogP contribution in [0.4, 0.5) is 0 Å². The highest BCUT2D eigenvalue weighted by molar-refractivity contribution is 6.46. The van der Waals surface area contributed by atoms with E-state index in [2.05, 4.69) is 6.92 Å². The van der Waals surface area contributed by atoms with Crippen LogP contribution in [0.3, 0.4) is 0 Å². The lowest BCUT2D eigenvalue weighted by Crippen LogP contribution is -2.31. The van der Waals surface area contributed by atoms with E-state index >= 15 is 0 Å². The molecule has 2 aromatic rings. The topological polar surface area (TPSA) is 96.3 Å². The Morgan fingerprint density at radius 3 is 2.50 bits per heavy atom. The summed E-state index contributed by atoms with van der Waals surface area (Å²) in [6.07, 6.45) is 2.45. The Morgan fingerprint density at radius 1 is 1.06 bits per heavy atom. The minimum atomic E-state index is -0.767. The molecule has 32 heavy (non-hydrogen) atoms. The molecule has 2 aromatic carbocycles. The summed E-state index contributed by atoms with van der Waals surface area (Å²) < 4.78 is 10.8. The molecule has 1 unspecified atom stereocenters. The van der Waals surface area contributed by atoms with Crippen LogP contribution in [0.1, 0.15) is 43.4 Å². The quantitative estimate of drug-likeness (QED) is 0.251. The van der Waals surface area contributed by atoms with Crippen LogP contribution in [0.5, 0.6) is 11.5 Å². The number of phenolic OH excluding ortho intramolecular Hbond substituents is 1. The molecule has 0 saturated carbocycles. The summed E-state index contributed by atoms with van der Waals surface area (Å²) in [5.74, 6) is -1.01. The second-order valence-corrected chi connectivity index (χ2v) is 7.66. The third-order valence-electron chi connectivity index (χ3n) is 5.37. The summed E-state index contributed by atoms with van der Waals surface area (Å²) in [5.41, 5.74) is 1.04. The monoisotopic (exact) mass is 439 g/mol. The van der Waals surface area contributed by atoms with Crippen LogP contribution in [-0.4, -0.2) is 53.7 Å². The van der Waals surface area contributed by atoms with Crippen molar-refractivity contribution in [3.05, 3.63) is 65.2 Å². The van der Waals surface area contributed by atoms with Crippen LogP contribution < -0.4 is 4.74 Å². The van der Waals surface area contributed by atoms with E-state index in [9.17, 15) is 19.8 Å². The summed E-state index contributed by atoms with van der Waals surface area (Å²) in [7, 11) is 1.57. The van der Waals surface area contributed by atoms with E-state index in [1.807, 2.05) is 0 Å². The van der Waals surface area contributed by atoms with Crippen LogP contribution in [0.25, 0.3) is 5.76 Å². The number of hydrogen-bond acceptors (Lipinski definition) is 6. The number of ether oxygens (including phenoxy) is 2. The van der Waals surface area contributed by atoms with Gasteiger partial charge in [0, 0.05) is 25.8 Å². The number of unbranched alkanes of at least 4 members (excludes halogenated alkanes) is 1. The Bertz CT molecular complexity index is 982. The average molecular weight is 440 g/mol. The molecule has 2 N–H and O–H groups in total. The van der Waals surface area contributed by atoms with Crippen molar-refractivity contribution in [1.82, 2.24) is 4.90 Å². The lowest BCUT2D eigenvalue weighted by molar-refractivity contribution is -0.140. The van der Waals surface area contributed by atoms with Gasteiger partial charge in [-0.05, 0) is 42.7 Å². The molecule has 7 nitrogen and oxygen atoms in total. The van der Waals surface area contributed by atoms with Crippen LogP contribution in [-0.2, 0) is 14.3 Å². The molecule has 1 heterocycles. The number of ketones is 1. The number of amides is 1. The van der Waals surface area contributed by atoms with Crippen LogP contribution in [0.2, 0.25) is 0 Å². The fourth-order valence-electron chi connectivity index (χ4n) is 3.72. The van der Waals surface area contributed by atoms with Gasteiger partial charge in [0.25, 0.3) is 11.7 Å². The minimum absolute atomic E-state index is 0.0174. The molecule has 0 aromatic heterocycles. The molecule has 170 valence electrons. The number of hydrogen-bond donors (Lipinski definition) is 2. The number of Topliss-reactive ketones (excluding diaryl/α,β-unsaturated/α-hetero) is 1. The van der Waals surface area contributed by atoms with Gasteiger partial charge in [0.15, 0.2) is 0 Å². The van der Waals surface area contributed by atoms with E-state index in [1.165, 1.54) is 17.0 Å². The zero-order valence-corrected chi connectivity index (χ0v) is 18.4. The number of nitrogens with zero attached hydrogens (tertiary/aromatic N) is 1. The molecular weight excluding hydrogens is 410 g/mol. The number of phenols is 1. The summed E-state index contributed by atoms with van der Waals surface area (Å²) in [6.45, 7) is 3.35. The Labute approximate surface area is 187 Å². The van der Waals surface area contributed by atoms with E-state index in [-0.39, 0.29) is 17.1 Å². The standard InChI is InChI=1S/C25H29NO6/c1-3-4-15-32-20-8-5-7-18(16-20)23(28)21-22(17-9-11-19(27)12-10-17)26(13-6-14-31-2)25(30)24(21)29/h5,7-12,16,22,27-28H,3-4,6,13-15H2,1-2H3/b23-21+. The summed E-state index contributed by atoms with van der Waals surface area (Å²) in [6, 6.07) is 12.4. The molecule has 1 aliphatic rings. The van der Waals surface area contributed by atoms with Gasteiger partial charge in [0.1, 0.15) is 17.3 Å². The lowest BCUT2D eigenvalue weighted by atomic mass is 9.95. The lowest BCUT2D eigenvalue weighted by Gasteiger charge is -2.25. The van der Waals surface area contributed by atoms with Crippen molar-refractivity contribution < 1.29 is 29.3 Å². The molecule has 1 saturated heterocycles. The van der Waals surface area contributed by atoms with Crippen LogP contribution >= 0.6 is 0 Å². The molecule has 3 rings (SSSR count). The van der Waals surface area contributed by atoms with E-state index in [4.69, 9.17) is 9.47 Å². The van der Waals surface area contributed by atoms with Gasteiger partial charge in [-0.2, -0.15) is 0 Å². The first-order valence-electron chi connectivity index (χ1n) is 10.8. The number of benzene rings is 2.